The van der Waals surface area contributed by atoms with Gasteiger partial charge < -0.3 is 4.74 Å². The van der Waals surface area contributed by atoms with Crippen molar-refractivity contribution in [3.63, 3.8) is 0 Å². The lowest BCUT2D eigenvalue weighted by molar-refractivity contribution is 0.0531. The van der Waals surface area contributed by atoms with Gasteiger partial charge in [0.15, 0.2) is 5.82 Å². The van der Waals surface area contributed by atoms with Crippen LogP contribution in [0.3, 0.4) is 0 Å². The van der Waals surface area contributed by atoms with Gasteiger partial charge in [0.25, 0.3) is 5.91 Å². The van der Waals surface area contributed by atoms with Gasteiger partial charge in [-0.25, -0.2) is 19.2 Å². The number of hydrazine groups is 1. The summed E-state index contributed by atoms with van der Waals surface area (Å²) in [5, 5.41) is 0.545. The number of rotatable bonds is 5. The van der Waals surface area contributed by atoms with Crippen LogP contribution < -0.4 is 10.9 Å². The molecule has 0 saturated heterocycles. The molecule has 0 unspecified atom stereocenters. The molecule has 2 heterocycles. The van der Waals surface area contributed by atoms with Crippen LogP contribution in [0.15, 0.2) is 24.5 Å². The fraction of sp³-hybridized carbons (Fsp3) is 0.176. The van der Waals surface area contributed by atoms with E-state index in [0.717, 1.165) is 17.4 Å². The monoisotopic (exact) mass is 408 g/mol. The van der Waals surface area contributed by atoms with Crippen molar-refractivity contribution in [2.75, 3.05) is 12.0 Å². The van der Waals surface area contributed by atoms with Crippen molar-refractivity contribution in [3.05, 3.63) is 51.4 Å². The Balaban J connectivity index is 1.89. The zero-order chi connectivity index (χ0) is 19.6. The first-order valence-electron chi connectivity index (χ1n) is 7.85. The molecule has 0 bridgehead atoms. The van der Waals surface area contributed by atoms with E-state index in [2.05, 4.69) is 20.8 Å². The van der Waals surface area contributed by atoms with Crippen LogP contribution >= 0.6 is 22.9 Å². The number of carbonyl (C=O) groups excluding carboxylic acids is 2. The third kappa shape index (κ3) is 3.69. The maximum absolute atomic E-state index is 13.9. The number of hydrogen-bond acceptors (Lipinski definition) is 7. The van der Waals surface area contributed by atoms with Crippen molar-refractivity contribution < 1.29 is 18.7 Å². The second-order valence-corrected chi connectivity index (χ2v) is 6.76. The molecule has 7 nitrogen and oxygen atoms in total. The van der Waals surface area contributed by atoms with Crippen LogP contribution in [0.25, 0.3) is 10.2 Å². The summed E-state index contributed by atoms with van der Waals surface area (Å²) >= 11 is 7.05. The molecular weight excluding hydrogens is 395 g/mol. The van der Waals surface area contributed by atoms with Crippen molar-refractivity contribution in [2.45, 2.75) is 13.8 Å². The average Bonchev–Trinajstić information content (AvgIpc) is 2.97. The Hall–Kier alpha value is -2.78. The fourth-order valence-electron chi connectivity index (χ4n) is 2.45. The molecule has 10 heteroatoms. The highest BCUT2D eigenvalue weighted by Crippen LogP contribution is 2.33. The number of amides is 1. The van der Waals surface area contributed by atoms with Gasteiger partial charge >= 0.3 is 5.97 Å². The molecule has 3 aromatic rings. The fourth-order valence-corrected chi connectivity index (χ4v) is 3.74. The van der Waals surface area contributed by atoms with Crippen LogP contribution in [0, 0.1) is 12.7 Å². The Kier molecular flexibility index (Phi) is 5.52. The predicted molar refractivity (Wildman–Crippen MR) is 101 cm³/mol. The van der Waals surface area contributed by atoms with Gasteiger partial charge in [0.2, 0.25) is 0 Å². The molecule has 0 atom stereocenters. The zero-order valence-electron chi connectivity index (χ0n) is 14.3. The van der Waals surface area contributed by atoms with E-state index in [-0.39, 0.29) is 23.0 Å². The largest absolute Gasteiger partial charge is 0.462 e. The van der Waals surface area contributed by atoms with Crippen molar-refractivity contribution >= 4 is 50.8 Å². The summed E-state index contributed by atoms with van der Waals surface area (Å²) < 4.78 is 18.9. The number of hydrogen-bond donors (Lipinski definition) is 2. The number of nitrogens with one attached hydrogen (secondary N) is 2. The lowest BCUT2D eigenvalue weighted by Gasteiger charge is -2.10. The number of benzene rings is 1. The molecule has 1 aromatic carbocycles. The first-order chi connectivity index (χ1) is 12.9. The number of fused-ring (bicyclic) bond motifs is 1. The summed E-state index contributed by atoms with van der Waals surface area (Å²) in [5.41, 5.74) is 5.34. The topological polar surface area (TPSA) is 93.2 Å². The third-order valence-electron chi connectivity index (χ3n) is 3.67. The lowest BCUT2D eigenvalue weighted by atomic mass is 10.2. The van der Waals surface area contributed by atoms with Crippen LogP contribution in [0.2, 0.25) is 5.02 Å². The number of aromatic nitrogens is 2. The Labute approximate surface area is 162 Å². The predicted octanol–water partition coefficient (Wildman–Crippen LogP) is 3.73. The maximum atomic E-state index is 13.9. The summed E-state index contributed by atoms with van der Waals surface area (Å²) in [5.74, 6) is -1.69. The first-order valence-corrected chi connectivity index (χ1v) is 9.05. The van der Waals surface area contributed by atoms with Gasteiger partial charge in [0.05, 0.1) is 22.6 Å². The van der Waals surface area contributed by atoms with Crippen molar-refractivity contribution in [1.82, 2.24) is 15.4 Å². The number of nitrogens with zero attached hydrogens (tertiary/aromatic N) is 2. The molecule has 27 heavy (non-hydrogen) atoms. The summed E-state index contributed by atoms with van der Waals surface area (Å²) in [4.78, 5) is 33.5. The Morgan fingerprint density at radius 3 is 2.81 bits per heavy atom. The Bertz CT molecular complexity index is 1020. The van der Waals surface area contributed by atoms with Gasteiger partial charge in [-0.1, -0.05) is 17.7 Å². The van der Waals surface area contributed by atoms with E-state index < -0.39 is 17.7 Å². The van der Waals surface area contributed by atoms with E-state index in [0.29, 0.717) is 20.7 Å². The molecule has 1 amide bonds. The minimum atomic E-state index is -0.761. The first kappa shape index (κ1) is 19.0. The molecule has 140 valence electrons. The van der Waals surface area contributed by atoms with Crippen LogP contribution in [-0.4, -0.2) is 28.5 Å². The van der Waals surface area contributed by atoms with E-state index in [1.807, 2.05) is 0 Å². The normalized spacial score (nSPS) is 10.7. The molecule has 2 N–H and O–H groups in total. The van der Waals surface area contributed by atoms with Gasteiger partial charge in [-0.3, -0.25) is 15.6 Å². The number of carbonyl (C=O) groups is 2. The highest BCUT2D eigenvalue weighted by molar-refractivity contribution is 7.20. The van der Waals surface area contributed by atoms with E-state index >= 15 is 0 Å². The van der Waals surface area contributed by atoms with Gasteiger partial charge in [-0.05, 0) is 31.5 Å². The Morgan fingerprint density at radius 2 is 2.11 bits per heavy atom. The number of aryl methyl sites for hydroxylation is 1. The second-order valence-electron chi connectivity index (χ2n) is 5.35. The van der Waals surface area contributed by atoms with Crippen LogP contribution in [0.1, 0.15) is 32.5 Å². The zero-order valence-corrected chi connectivity index (χ0v) is 15.9. The van der Waals surface area contributed by atoms with Crippen LogP contribution in [-0.2, 0) is 4.74 Å². The summed E-state index contributed by atoms with van der Waals surface area (Å²) in [6.07, 6.45) is 1.29. The van der Waals surface area contributed by atoms with E-state index in [9.17, 15) is 14.0 Å². The maximum Gasteiger partial charge on any atom is 0.348 e. The molecule has 0 radical (unpaired) electrons. The average molecular weight is 409 g/mol. The smallest absolute Gasteiger partial charge is 0.348 e. The molecule has 0 saturated carbocycles. The standard InChI is InChI=1S/C17H14ClFN4O3S/c1-3-26-17(25)13-8(2)11-14(20-7-21-16(11)27-13)22-23-15(24)12-9(18)5-4-6-10(12)19/h4-7H,3H2,1-2H3,(H,23,24)(H,20,21,22). The van der Waals surface area contributed by atoms with E-state index in [1.165, 1.54) is 18.5 Å². The summed E-state index contributed by atoms with van der Waals surface area (Å²) in [6, 6.07) is 3.96. The number of thiophene rings is 1. The van der Waals surface area contributed by atoms with Gasteiger partial charge in [-0.2, -0.15) is 0 Å². The number of anilines is 1. The van der Waals surface area contributed by atoms with Crippen molar-refractivity contribution in [1.29, 1.82) is 0 Å². The number of ether oxygens (including phenoxy) is 1. The van der Waals surface area contributed by atoms with Gasteiger partial charge in [0.1, 0.15) is 21.9 Å². The third-order valence-corrected chi connectivity index (χ3v) is 5.17. The van der Waals surface area contributed by atoms with Gasteiger partial charge in [0, 0.05) is 0 Å². The van der Waals surface area contributed by atoms with Crippen molar-refractivity contribution in [3.8, 4) is 0 Å². The number of esters is 1. The minimum Gasteiger partial charge on any atom is -0.462 e. The lowest BCUT2D eigenvalue weighted by Crippen LogP contribution is -2.31. The molecule has 0 spiro atoms. The van der Waals surface area contributed by atoms with Gasteiger partial charge in [-0.15, -0.1) is 11.3 Å². The molecule has 2 aromatic heterocycles. The SMILES string of the molecule is CCOC(=O)c1sc2ncnc(NNC(=O)c3c(F)cccc3Cl)c2c1C. The Morgan fingerprint density at radius 1 is 1.33 bits per heavy atom. The summed E-state index contributed by atoms with van der Waals surface area (Å²) in [6.45, 7) is 3.70. The van der Waals surface area contributed by atoms with Crippen LogP contribution in [0.5, 0.6) is 0 Å². The number of halogens is 2. The van der Waals surface area contributed by atoms with Crippen molar-refractivity contribution in [2.24, 2.45) is 0 Å². The highest BCUT2D eigenvalue weighted by Gasteiger charge is 2.21. The molecular formula is C17H14ClFN4O3S. The molecule has 0 fully saturated rings. The quantitative estimate of drug-likeness (QED) is 0.493. The van der Waals surface area contributed by atoms with Crippen LogP contribution in [0.4, 0.5) is 10.2 Å². The molecule has 0 aliphatic carbocycles. The highest BCUT2D eigenvalue weighted by atomic mass is 35.5. The molecule has 0 aliphatic heterocycles. The second kappa shape index (κ2) is 7.85. The van der Waals surface area contributed by atoms with E-state index in [4.69, 9.17) is 16.3 Å². The molecule has 3 rings (SSSR count). The van der Waals surface area contributed by atoms with E-state index in [1.54, 1.807) is 13.8 Å². The molecule has 0 aliphatic rings. The summed E-state index contributed by atoms with van der Waals surface area (Å²) in [7, 11) is 0. The minimum absolute atomic E-state index is 0.0153.